The van der Waals surface area contributed by atoms with Crippen LogP contribution in [0.1, 0.15) is 60.8 Å². The van der Waals surface area contributed by atoms with Crippen molar-refractivity contribution in [2.75, 3.05) is 13.1 Å². The van der Waals surface area contributed by atoms with Crippen molar-refractivity contribution in [2.45, 2.75) is 66.9 Å². The number of nitrogens with one attached hydrogen (secondary N) is 1. The van der Waals surface area contributed by atoms with E-state index in [4.69, 9.17) is 0 Å². The van der Waals surface area contributed by atoms with Gasteiger partial charge in [0.1, 0.15) is 0 Å². The van der Waals surface area contributed by atoms with E-state index in [2.05, 4.69) is 46.9 Å². The predicted octanol–water partition coefficient (Wildman–Crippen LogP) is 3.20. The van der Waals surface area contributed by atoms with Crippen molar-refractivity contribution in [2.24, 2.45) is 10.8 Å². The van der Waals surface area contributed by atoms with Gasteiger partial charge >= 0.3 is 0 Å². The van der Waals surface area contributed by atoms with Gasteiger partial charge in [-0.05, 0) is 23.7 Å². The zero-order valence-electron chi connectivity index (χ0n) is 12.1. The fraction of sp³-hybridized carbons (Fsp3) is 1.00. The zero-order chi connectivity index (χ0) is 12.8. The molecule has 0 amide bonds. The van der Waals surface area contributed by atoms with Gasteiger partial charge in [-0.1, -0.05) is 48.0 Å². The number of hydrogen-bond donors (Lipinski definition) is 2. The van der Waals surface area contributed by atoms with Gasteiger partial charge in [-0.3, -0.25) is 0 Å². The third kappa shape index (κ3) is 12.0. The summed E-state index contributed by atoms with van der Waals surface area (Å²) < 4.78 is 0. The van der Waals surface area contributed by atoms with Gasteiger partial charge in [0.05, 0.1) is 6.10 Å². The molecule has 0 aliphatic rings. The molecule has 1 atom stereocenters. The van der Waals surface area contributed by atoms with Gasteiger partial charge in [-0.15, -0.1) is 0 Å². The monoisotopic (exact) mass is 229 g/mol. The Kier molecular flexibility index (Phi) is 6.57. The molecule has 0 radical (unpaired) electrons. The molecule has 0 heterocycles. The van der Waals surface area contributed by atoms with E-state index in [0.717, 1.165) is 25.9 Å². The number of aliphatic hydroxyl groups excluding tert-OH is 1. The minimum Gasteiger partial charge on any atom is -0.392 e. The SMILES string of the molecule is CC(C)(C)CCC[C@@H](O)CNCC(C)(C)C. The highest BCUT2D eigenvalue weighted by atomic mass is 16.3. The molecule has 98 valence electrons. The minimum absolute atomic E-state index is 0.190. The van der Waals surface area contributed by atoms with Crippen LogP contribution in [0.4, 0.5) is 0 Å². The molecule has 0 fully saturated rings. The topological polar surface area (TPSA) is 32.3 Å². The summed E-state index contributed by atoms with van der Waals surface area (Å²) in [5.74, 6) is 0. The molecule has 0 aromatic carbocycles. The third-order valence-electron chi connectivity index (χ3n) is 2.50. The summed E-state index contributed by atoms with van der Waals surface area (Å²) in [6.07, 6.45) is 3.02. The van der Waals surface area contributed by atoms with Crippen molar-refractivity contribution in [1.82, 2.24) is 5.32 Å². The molecule has 0 aliphatic heterocycles. The standard InChI is InChI=1S/C14H31NO/c1-13(2,3)9-7-8-12(16)10-15-11-14(4,5)6/h12,15-16H,7-11H2,1-6H3/t12-/m1/s1. The average molecular weight is 229 g/mol. The molecule has 16 heavy (non-hydrogen) atoms. The summed E-state index contributed by atoms with van der Waals surface area (Å²) in [6, 6.07) is 0. The lowest BCUT2D eigenvalue weighted by atomic mass is 9.89. The van der Waals surface area contributed by atoms with Crippen molar-refractivity contribution in [3.8, 4) is 0 Å². The Labute approximate surface area is 102 Å². The van der Waals surface area contributed by atoms with Gasteiger partial charge < -0.3 is 10.4 Å². The van der Waals surface area contributed by atoms with Gasteiger partial charge in [0.25, 0.3) is 0 Å². The second-order valence-electron chi connectivity index (χ2n) is 7.30. The van der Waals surface area contributed by atoms with E-state index in [-0.39, 0.29) is 6.10 Å². The van der Waals surface area contributed by atoms with E-state index in [1.54, 1.807) is 0 Å². The number of hydrogen-bond acceptors (Lipinski definition) is 2. The van der Waals surface area contributed by atoms with Crippen LogP contribution in [0.3, 0.4) is 0 Å². The molecule has 2 N–H and O–H groups in total. The van der Waals surface area contributed by atoms with Crippen LogP contribution in [0.15, 0.2) is 0 Å². The van der Waals surface area contributed by atoms with Gasteiger partial charge in [0.2, 0.25) is 0 Å². The quantitative estimate of drug-likeness (QED) is 0.733. The third-order valence-corrected chi connectivity index (χ3v) is 2.50. The molecule has 0 aliphatic carbocycles. The highest BCUT2D eigenvalue weighted by molar-refractivity contribution is 4.69. The van der Waals surface area contributed by atoms with Gasteiger partial charge in [0, 0.05) is 13.1 Å². The highest BCUT2D eigenvalue weighted by Crippen LogP contribution is 2.21. The summed E-state index contributed by atoms with van der Waals surface area (Å²) in [7, 11) is 0. The fourth-order valence-electron chi connectivity index (χ4n) is 1.58. The lowest BCUT2D eigenvalue weighted by molar-refractivity contribution is 0.149. The van der Waals surface area contributed by atoms with Crippen LogP contribution in [0.5, 0.6) is 0 Å². The molecular formula is C14H31NO. The van der Waals surface area contributed by atoms with Crippen LogP contribution in [-0.2, 0) is 0 Å². The first-order chi connectivity index (χ1) is 7.10. The molecule has 0 bridgehead atoms. The van der Waals surface area contributed by atoms with Crippen LogP contribution in [0.2, 0.25) is 0 Å². The average Bonchev–Trinajstić information content (AvgIpc) is 1.98. The molecule has 2 nitrogen and oxygen atoms in total. The normalized spacial score (nSPS) is 15.2. The lowest BCUT2D eigenvalue weighted by Crippen LogP contribution is -2.33. The Balaban J connectivity index is 3.49. The van der Waals surface area contributed by atoms with Crippen molar-refractivity contribution in [3.63, 3.8) is 0 Å². The maximum absolute atomic E-state index is 9.78. The summed E-state index contributed by atoms with van der Waals surface area (Å²) >= 11 is 0. The maximum Gasteiger partial charge on any atom is 0.0664 e. The maximum atomic E-state index is 9.78. The molecule has 0 saturated carbocycles. The van der Waals surface area contributed by atoms with E-state index in [9.17, 15) is 5.11 Å². The lowest BCUT2D eigenvalue weighted by Gasteiger charge is -2.21. The van der Waals surface area contributed by atoms with Crippen LogP contribution >= 0.6 is 0 Å². The highest BCUT2D eigenvalue weighted by Gasteiger charge is 2.13. The Bertz CT molecular complexity index is 156. The second kappa shape index (κ2) is 6.61. The van der Waals surface area contributed by atoms with Crippen molar-refractivity contribution >= 4 is 0 Å². The summed E-state index contributed by atoms with van der Waals surface area (Å²) in [5.41, 5.74) is 0.684. The van der Waals surface area contributed by atoms with E-state index in [1.807, 2.05) is 0 Å². The van der Waals surface area contributed by atoms with E-state index < -0.39 is 0 Å². The molecule has 0 aromatic heterocycles. The smallest absolute Gasteiger partial charge is 0.0664 e. The minimum atomic E-state index is -0.190. The molecule has 0 aromatic rings. The molecular weight excluding hydrogens is 198 g/mol. The molecule has 0 saturated heterocycles. The van der Waals surface area contributed by atoms with Gasteiger partial charge in [-0.25, -0.2) is 0 Å². The molecule has 0 spiro atoms. The Morgan fingerprint density at radius 2 is 1.56 bits per heavy atom. The first-order valence-corrected chi connectivity index (χ1v) is 6.49. The molecule has 0 rings (SSSR count). The van der Waals surface area contributed by atoms with E-state index in [1.165, 1.54) is 6.42 Å². The Morgan fingerprint density at radius 1 is 1.00 bits per heavy atom. The van der Waals surface area contributed by atoms with Crippen molar-refractivity contribution < 1.29 is 5.11 Å². The van der Waals surface area contributed by atoms with Crippen LogP contribution < -0.4 is 5.32 Å². The van der Waals surface area contributed by atoms with E-state index in [0.29, 0.717) is 10.8 Å². The van der Waals surface area contributed by atoms with Crippen molar-refractivity contribution in [1.29, 1.82) is 0 Å². The fourth-order valence-corrected chi connectivity index (χ4v) is 1.58. The first-order valence-electron chi connectivity index (χ1n) is 6.49. The first kappa shape index (κ1) is 15.9. The van der Waals surface area contributed by atoms with Crippen molar-refractivity contribution in [3.05, 3.63) is 0 Å². The van der Waals surface area contributed by atoms with Gasteiger partial charge in [-0.2, -0.15) is 0 Å². The van der Waals surface area contributed by atoms with Crippen LogP contribution in [0.25, 0.3) is 0 Å². The summed E-state index contributed by atoms with van der Waals surface area (Å²) in [5, 5.41) is 13.1. The number of rotatable bonds is 6. The summed E-state index contributed by atoms with van der Waals surface area (Å²) in [6.45, 7) is 15.0. The largest absolute Gasteiger partial charge is 0.392 e. The Hall–Kier alpha value is -0.0800. The predicted molar refractivity (Wildman–Crippen MR) is 71.6 cm³/mol. The Morgan fingerprint density at radius 3 is 2.00 bits per heavy atom. The summed E-state index contributed by atoms with van der Waals surface area (Å²) in [4.78, 5) is 0. The molecule has 0 unspecified atom stereocenters. The van der Waals surface area contributed by atoms with Crippen LogP contribution in [0, 0.1) is 10.8 Å². The molecule has 2 heteroatoms. The number of aliphatic hydroxyl groups is 1. The van der Waals surface area contributed by atoms with E-state index >= 15 is 0 Å². The zero-order valence-corrected chi connectivity index (χ0v) is 12.1. The second-order valence-corrected chi connectivity index (χ2v) is 7.30. The van der Waals surface area contributed by atoms with Crippen LogP contribution in [-0.4, -0.2) is 24.3 Å². The van der Waals surface area contributed by atoms with Gasteiger partial charge in [0.15, 0.2) is 0 Å².